The fourth-order valence-electron chi connectivity index (χ4n) is 2.16. The van der Waals surface area contributed by atoms with E-state index in [-0.39, 0.29) is 6.42 Å². The minimum atomic E-state index is -0.724. The van der Waals surface area contributed by atoms with E-state index < -0.39 is 5.97 Å². The van der Waals surface area contributed by atoms with Crippen LogP contribution in [0.15, 0.2) is 18.2 Å². The lowest BCUT2D eigenvalue weighted by Gasteiger charge is -2.35. The molecule has 1 saturated heterocycles. The summed E-state index contributed by atoms with van der Waals surface area (Å²) in [5.41, 5.74) is 1.03. The number of hydrogen-bond donors (Lipinski definition) is 1. The summed E-state index contributed by atoms with van der Waals surface area (Å²) in [6, 6.07) is 6.04. The predicted octanol–water partition coefficient (Wildman–Crippen LogP) is 0.987. The lowest BCUT2D eigenvalue weighted by atomic mass is 10.2. The predicted molar refractivity (Wildman–Crippen MR) is 69.9 cm³/mol. The van der Waals surface area contributed by atoms with E-state index >= 15 is 0 Å². The standard InChI is InChI=1S/C13H19N3O2/c1-11-3-2-4-12(14-11)16-9-7-15(8-10-16)6-5-13(17)18/h2-4H,5-10H2,1H3,(H,17,18). The summed E-state index contributed by atoms with van der Waals surface area (Å²) in [6.45, 7) is 6.27. The summed E-state index contributed by atoms with van der Waals surface area (Å²) in [7, 11) is 0. The Balaban J connectivity index is 1.85. The summed E-state index contributed by atoms with van der Waals surface area (Å²) in [5, 5.41) is 8.66. The van der Waals surface area contributed by atoms with Gasteiger partial charge in [0.05, 0.1) is 6.42 Å². The van der Waals surface area contributed by atoms with Crippen LogP contribution in [0.5, 0.6) is 0 Å². The maximum atomic E-state index is 10.5. The Morgan fingerprint density at radius 3 is 2.67 bits per heavy atom. The summed E-state index contributed by atoms with van der Waals surface area (Å²) in [4.78, 5) is 19.5. The average Bonchev–Trinajstić information content (AvgIpc) is 2.37. The molecule has 0 spiro atoms. The van der Waals surface area contributed by atoms with Crippen LogP contribution in [0.3, 0.4) is 0 Å². The number of aromatic nitrogens is 1. The first-order valence-electron chi connectivity index (χ1n) is 6.28. The van der Waals surface area contributed by atoms with Crippen molar-refractivity contribution in [3.63, 3.8) is 0 Å². The van der Waals surface area contributed by atoms with Crippen molar-refractivity contribution < 1.29 is 9.90 Å². The van der Waals surface area contributed by atoms with Crippen LogP contribution in [0.1, 0.15) is 12.1 Å². The van der Waals surface area contributed by atoms with Crippen LogP contribution in [0.2, 0.25) is 0 Å². The first kappa shape index (κ1) is 12.8. The number of anilines is 1. The van der Waals surface area contributed by atoms with Crippen molar-refractivity contribution in [1.29, 1.82) is 0 Å². The quantitative estimate of drug-likeness (QED) is 0.862. The van der Waals surface area contributed by atoms with Crippen molar-refractivity contribution in [2.24, 2.45) is 0 Å². The molecule has 0 aromatic carbocycles. The maximum absolute atomic E-state index is 10.5. The molecule has 1 fully saturated rings. The molecule has 0 saturated carbocycles. The lowest BCUT2D eigenvalue weighted by Crippen LogP contribution is -2.47. The molecular weight excluding hydrogens is 230 g/mol. The fourth-order valence-corrected chi connectivity index (χ4v) is 2.16. The first-order chi connectivity index (χ1) is 8.65. The van der Waals surface area contributed by atoms with Gasteiger partial charge >= 0.3 is 5.97 Å². The molecule has 1 aromatic rings. The second kappa shape index (κ2) is 5.82. The van der Waals surface area contributed by atoms with Crippen LogP contribution in [-0.2, 0) is 4.79 Å². The highest BCUT2D eigenvalue weighted by Crippen LogP contribution is 2.13. The zero-order valence-electron chi connectivity index (χ0n) is 10.7. The van der Waals surface area contributed by atoms with Crippen molar-refractivity contribution in [3.05, 3.63) is 23.9 Å². The van der Waals surface area contributed by atoms with Crippen molar-refractivity contribution in [1.82, 2.24) is 9.88 Å². The Hall–Kier alpha value is -1.62. The van der Waals surface area contributed by atoms with E-state index in [4.69, 9.17) is 5.11 Å². The highest BCUT2D eigenvalue weighted by Gasteiger charge is 2.18. The normalized spacial score (nSPS) is 16.8. The SMILES string of the molecule is Cc1cccc(N2CCN(CCC(=O)O)CC2)n1. The summed E-state index contributed by atoms with van der Waals surface area (Å²) in [6.07, 6.45) is 0.225. The molecule has 0 bridgehead atoms. The third-order valence-corrected chi connectivity index (χ3v) is 3.21. The number of carboxylic acid groups (broad SMARTS) is 1. The van der Waals surface area contributed by atoms with E-state index in [0.29, 0.717) is 6.54 Å². The topological polar surface area (TPSA) is 56.7 Å². The van der Waals surface area contributed by atoms with Gasteiger partial charge in [-0.3, -0.25) is 9.69 Å². The van der Waals surface area contributed by atoms with Crippen LogP contribution < -0.4 is 4.90 Å². The zero-order valence-corrected chi connectivity index (χ0v) is 10.7. The van der Waals surface area contributed by atoms with Gasteiger partial charge in [0.2, 0.25) is 0 Å². The van der Waals surface area contributed by atoms with Gasteiger partial charge in [-0.1, -0.05) is 6.07 Å². The monoisotopic (exact) mass is 249 g/mol. The number of pyridine rings is 1. The number of carboxylic acids is 1. The molecule has 0 unspecified atom stereocenters. The molecule has 98 valence electrons. The van der Waals surface area contributed by atoms with Crippen molar-refractivity contribution in [3.8, 4) is 0 Å². The maximum Gasteiger partial charge on any atom is 0.304 e. The molecule has 2 rings (SSSR count). The molecule has 5 nitrogen and oxygen atoms in total. The van der Waals surface area contributed by atoms with Crippen LogP contribution in [0.25, 0.3) is 0 Å². The van der Waals surface area contributed by atoms with E-state index in [9.17, 15) is 4.79 Å². The average molecular weight is 249 g/mol. The number of carbonyl (C=O) groups is 1. The molecule has 1 aromatic heterocycles. The van der Waals surface area contributed by atoms with Gasteiger partial charge < -0.3 is 10.0 Å². The van der Waals surface area contributed by atoms with Crippen LogP contribution in [-0.4, -0.2) is 53.7 Å². The van der Waals surface area contributed by atoms with Gasteiger partial charge in [0.15, 0.2) is 0 Å². The molecule has 0 radical (unpaired) electrons. The van der Waals surface area contributed by atoms with Gasteiger partial charge in [0.1, 0.15) is 5.82 Å². The van der Waals surface area contributed by atoms with Crippen molar-refractivity contribution in [2.75, 3.05) is 37.6 Å². The molecule has 0 amide bonds. The van der Waals surface area contributed by atoms with Gasteiger partial charge in [-0.05, 0) is 19.1 Å². The first-order valence-corrected chi connectivity index (χ1v) is 6.28. The number of aliphatic carboxylic acids is 1. The third kappa shape index (κ3) is 3.43. The largest absolute Gasteiger partial charge is 0.481 e. The number of rotatable bonds is 4. The highest BCUT2D eigenvalue weighted by molar-refractivity contribution is 5.66. The van der Waals surface area contributed by atoms with Gasteiger partial charge in [-0.15, -0.1) is 0 Å². The summed E-state index contributed by atoms with van der Waals surface area (Å²) >= 11 is 0. The van der Waals surface area contributed by atoms with Crippen molar-refractivity contribution in [2.45, 2.75) is 13.3 Å². The van der Waals surface area contributed by atoms with Crippen LogP contribution >= 0.6 is 0 Å². The molecule has 0 aliphatic carbocycles. The summed E-state index contributed by atoms with van der Waals surface area (Å²) in [5.74, 6) is 0.297. The minimum Gasteiger partial charge on any atom is -0.481 e. The number of nitrogens with zero attached hydrogens (tertiary/aromatic N) is 3. The lowest BCUT2D eigenvalue weighted by molar-refractivity contribution is -0.137. The number of piperazine rings is 1. The fraction of sp³-hybridized carbons (Fsp3) is 0.538. The third-order valence-electron chi connectivity index (χ3n) is 3.21. The molecule has 5 heteroatoms. The molecule has 2 heterocycles. The van der Waals surface area contributed by atoms with Gasteiger partial charge in [-0.2, -0.15) is 0 Å². The number of hydrogen-bond acceptors (Lipinski definition) is 4. The van der Waals surface area contributed by atoms with E-state index in [1.165, 1.54) is 0 Å². The minimum absolute atomic E-state index is 0.225. The number of aryl methyl sites for hydroxylation is 1. The van der Waals surface area contributed by atoms with E-state index in [1.54, 1.807) is 0 Å². The van der Waals surface area contributed by atoms with E-state index in [2.05, 4.69) is 14.8 Å². The highest BCUT2D eigenvalue weighted by atomic mass is 16.4. The molecule has 0 atom stereocenters. The molecule has 1 aliphatic rings. The second-order valence-electron chi connectivity index (χ2n) is 4.61. The smallest absolute Gasteiger partial charge is 0.304 e. The zero-order chi connectivity index (χ0) is 13.0. The van der Waals surface area contributed by atoms with Crippen LogP contribution in [0.4, 0.5) is 5.82 Å². The van der Waals surface area contributed by atoms with Gasteiger partial charge in [-0.25, -0.2) is 4.98 Å². The van der Waals surface area contributed by atoms with E-state index in [1.807, 2.05) is 25.1 Å². The van der Waals surface area contributed by atoms with Gasteiger partial charge in [0.25, 0.3) is 0 Å². The Kier molecular flexibility index (Phi) is 4.15. The Bertz CT molecular complexity index is 414. The Morgan fingerprint density at radius 2 is 2.06 bits per heavy atom. The van der Waals surface area contributed by atoms with Crippen LogP contribution in [0, 0.1) is 6.92 Å². The Labute approximate surface area is 107 Å². The van der Waals surface area contributed by atoms with Gasteiger partial charge in [0, 0.05) is 38.4 Å². The van der Waals surface area contributed by atoms with Crippen molar-refractivity contribution >= 4 is 11.8 Å². The van der Waals surface area contributed by atoms with E-state index in [0.717, 1.165) is 37.7 Å². The molecule has 1 aliphatic heterocycles. The summed E-state index contributed by atoms with van der Waals surface area (Å²) < 4.78 is 0. The molecular formula is C13H19N3O2. The second-order valence-corrected chi connectivity index (χ2v) is 4.61. The molecule has 18 heavy (non-hydrogen) atoms. The Morgan fingerprint density at radius 1 is 1.33 bits per heavy atom. The molecule has 1 N–H and O–H groups in total.